The fourth-order valence-corrected chi connectivity index (χ4v) is 1.52. The Balaban J connectivity index is 2.24. The molecule has 1 aliphatic heterocycles. The molecule has 0 amide bonds. The van der Waals surface area contributed by atoms with E-state index in [9.17, 15) is 0 Å². The molecule has 0 bridgehead atoms. The Morgan fingerprint density at radius 1 is 1.75 bits per heavy atom. The van der Waals surface area contributed by atoms with E-state index in [1.165, 1.54) is 0 Å². The number of hydrogen-bond acceptors (Lipinski definition) is 3. The van der Waals surface area contributed by atoms with Crippen molar-refractivity contribution in [3.63, 3.8) is 0 Å². The van der Waals surface area contributed by atoms with Gasteiger partial charge in [-0.25, -0.2) is 4.98 Å². The largest absolute Gasteiger partial charge is 0.369 e. The van der Waals surface area contributed by atoms with Crippen LogP contribution in [0.3, 0.4) is 0 Å². The minimum Gasteiger partial charge on any atom is -0.369 e. The summed E-state index contributed by atoms with van der Waals surface area (Å²) in [6, 6.07) is 0.103. The minimum absolute atomic E-state index is 0.00926. The highest BCUT2D eigenvalue weighted by molar-refractivity contribution is 5.01. The molecule has 0 saturated carbocycles. The van der Waals surface area contributed by atoms with Crippen molar-refractivity contribution in [2.24, 2.45) is 12.8 Å². The first kappa shape index (κ1) is 7.76. The van der Waals surface area contributed by atoms with E-state index in [-0.39, 0.29) is 12.1 Å². The highest BCUT2D eigenvalue weighted by Crippen LogP contribution is 2.25. The summed E-state index contributed by atoms with van der Waals surface area (Å²) in [5.41, 5.74) is 5.86. The summed E-state index contributed by atoms with van der Waals surface area (Å²) in [7, 11) is 1.96. The van der Waals surface area contributed by atoms with Crippen LogP contribution in [0.2, 0.25) is 0 Å². The Morgan fingerprint density at radius 2 is 2.58 bits per heavy atom. The Morgan fingerprint density at radius 3 is 3.08 bits per heavy atom. The third-order valence-electron chi connectivity index (χ3n) is 2.25. The zero-order valence-corrected chi connectivity index (χ0v) is 7.10. The fourth-order valence-electron chi connectivity index (χ4n) is 1.52. The molecule has 4 heteroatoms. The molecule has 2 rings (SSSR count). The maximum atomic E-state index is 5.86. The highest BCUT2D eigenvalue weighted by Gasteiger charge is 2.29. The topological polar surface area (TPSA) is 53.1 Å². The number of aromatic nitrogens is 2. The number of imidazole rings is 1. The van der Waals surface area contributed by atoms with Crippen LogP contribution >= 0.6 is 0 Å². The van der Waals surface area contributed by atoms with Gasteiger partial charge in [-0.2, -0.15) is 0 Å². The van der Waals surface area contributed by atoms with Crippen LogP contribution in [-0.4, -0.2) is 22.2 Å². The van der Waals surface area contributed by atoms with Crippen molar-refractivity contribution in [3.8, 4) is 0 Å². The van der Waals surface area contributed by atoms with Gasteiger partial charge in [-0.15, -0.1) is 0 Å². The van der Waals surface area contributed by atoms with Crippen LogP contribution in [0.15, 0.2) is 12.4 Å². The number of ether oxygens (including phenoxy) is 1. The summed E-state index contributed by atoms with van der Waals surface area (Å²) < 4.78 is 7.44. The first-order valence-corrected chi connectivity index (χ1v) is 4.13. The lowest BCUT2D eigenvalue weighted by Gasteiger charge is -2.13. The molecule has 1 aliphatic rings. The molecule has 0 unspecified atom stereocenters. The van der Waals surface area contributed by atoms with Gasteiger partial charge in [0.25, 0.3) is 0 Å². The molecule has 1 aromatic rings. The summed E-state index contributed by atoms with van der Waals surface area (Å²) >= 11 is 0. The van der Waals surface area contributed by atoms with Crippen LogP contribution in [0.25, 0.3) is 0 Å². The van der Waals surface area contributed by atoms with Crippen molar-refractivity contribution >= 4 is 0 Å². The highest BCUT2D eigenvalue weighted by atomic mass is 16.5. The molecule has 1 aromatic heterocycles. The maximum absolute atomic E-state index is 5.86. The first-order valence-electron chi connectivity index (χ1n) is 4.13. The first-order chi connectivity index (χ1) is 5.79. The second-order valence-corrected chi connectivity index (χ2v) is 3.14. The predicted octanol–water partition coefficient (Wildman–Crippen LogP) is 0.209. The summed E-state index contributed by atoms with van der Waals surface area (Å²) in [6.45, 7) is 0.749. The third-order valence-corrected chi connectivity index (χ3v) is 2.25. The summed E-state index contributed by atoms with van der Waals surface area (Å²) in [6.07, 6.45) is 4.59. The average Bonchev–Trinajstić information content (AvgIpc) is 2.59. The summed E-state index contributed by atoms with van der Waals surface area (Å²) in [5.74, 6) is 0.931. The zero-order chi connectivity index (χ0) is 8.55. The molecule has 2 heterocycles. The van der Waals surface area contributed by atoms with E-state index in [1.807, 2.05) is 17.8 Å². The lowest BCUT2D eigenvalue weighted by molar-refractivity contribution is 0.0957. The Hall–Kier alpha value is -0.870. The number of nitrogens with two attached hydrogens (primary N) is 1. The molecule has 0 aromatic carbocycles. The van der Waals surface area contributed by atoms with Gasteiger partial charge in [0.1, 0.15) is 11.9 Å². The quantitative estimate of drug-likeness (QED) is 0.650. The standard InChI is InChI=1S/C8H13N3O/c1-11-4-3-10-8(11)7-6(9)2-5-12-7/h3-4,6-7H,2,5,9H2,1H3/t6-,7-/m0/s1. The molecule has 1 fully saturated rings. The normalized spacial score (nSPS) is 29.5. The fraction of sp³-hybridized carbons (Fsp3) is 0.625. The molecule has 66 valence electrons. The molecule has 2 N–H and O–H groups in total. The lowest BCUT2D eigenvalue weighted by Crippen LogP contribution is -2.25. The van der Waals surface area contributed by atoms with Gasteiger partial charge in [-0.1, -0.05) is 0 Å². The molecular formula is C8H13N3O. The van der Waals surface area contributed by atoms with Crippen LogP contribution in [0.1, 0.15) is 18.3 Å². The van der Waals surface area contributed by atoms with E-state index in [0.29, 0.717) is 0 Å². The Bertz CT molecular complexity index is 271. The monoisotopic (exact) mass is 167 g/mol. The van der Waals surface area contributed by atoms with Gasteiger partial charge in [0.05, 0.1) is 0 Å². The average molecular weight is 167 g/mol. The summed E-state index contributed by atoms with van der Waals surface area (Å²) in [5, 5.41) is 0. The number of nitrogens with zero attached hydrogens (tertiary/aromatic N) is 2. The number of hydrogen-bond donors (Lipinski definition) is 1. The van der Waals surface area contributed by atoms with E-state index < -0.39 is 0 Å². The van der Waals surface area contributed by atoms with E-state index in [4.69, 9.17) is 10.5 Å². The van der Waals surface area contributed by atoms with E-state index >= 15 is 0 Å². The van der Waals surface area contributed by atoms with Crippen molar-refractivity contribution in [3.05, 3.63) is 18.2 Å². The molecule has 0 aliphatic carbocycles. The molecule has 0 radical (unpaired) electrons. The van der Waals surface area contributed by atoms with E-state index in [0.717, 1.165) is 18.9 Å². The maximum Gasteiger partial charge on any atom is 0.139 e. The zero-order valence-electron chi connectivity index (χ0n) is 7.10. The van der Waals surface area contributed by atoms with E-state index in [1.54, 1.807) is 6.20 Å². The van der Waals surface area contributed by atoms with Crippen LogP contribution in [0.4, 0.5) is 0 Å². The molecule has 1 saturated heterocycles. The molecule has 4 nitrogen and oxygen atoms in total. The third kappa shape index (κ3) is 1.13. The van der Waals surface area contributed by atoms with Crippen molar-refractivity contribution < 1.29 is 4.74 Å². The van der Waals surface area contributed by atoms with E-state index in [2.05, 4.69) is 4.98 Å². The number of rotatable bonds is 1. The van der Waals surface area contributed by atoms with Crippen LogP contribution < -0.4 is 5.73 Å². The molecule has 2 atom stereocenters. The smallest absolute Gasteiger partial charge is 0.139 e. The van der Waals surface area contributed by atoms with Gasteiger partial charge >= 0.3 is 0 Å². The summed E-state index contributed by atoms with van der Waals surface area (Å²) in [4.78, 5) is 4.21. The molecule has 12 heavy (non-hydrogen) atoms. The second-order valence-electron chi connectivity index (χ2n) is 3.14. The van der Waals surface area contributed by atoms with Crippen LogP contribution in [0.5, 0.6) is 0 Å². The van der Waals surface area contributed by atoms with Crippen LogP contribution in [0, 0.1) is 0 Å². The van der Waals surface area contributed by atoms with Gasteiger partial charge in [-0.05, 0) is 6.42 Å². The van der Waals surface area contributed by atoms with Crippen molar-refractivity contribution in [1.82, 2.24) is 9.55 Å². The van der Waals surface area contributed by atoms with Gasteiger partial charge in [-0.3, -0.25) is 0 Å². The van der Waals surface area contributed by atoms with Gasteiger partial charge in [0.15, 0.2) is 0 Å². The van der Waals surface area contributed by atoms with Crippen molar-refractivity contribution in [2.45, 2.75) is 18.6 Å². The van der Waals surface area contributed by atoms with Crippen molar-refractivity contribution in [1.29, 1.82) is 0 Å². The Kier molecular flexibility index (Phi) is 1.86. The van der Waals surface area contributed by atoms with Gasteiger partial charge in [0.2, 0.25) is 0 Å². The molecular weight excluding hydrogens is 154 g/mol. The SMILES string of the molecule is Cn1ccnc1[C@H]1OCC[C@@H]1N. The second kappa shape index (κ2) is 2.88. The predicted molar refractivity (Wildman–Crippen MR) is 44.5 cm³/mol. The minimum atomic E-state index is -0.00926. The van der Waals surface area contributed by atoms with Gasteiger partial charge < -0.3 is 15.0 Å². The van der Waals surface area contributed by atoms with Crippen LogP contribution in [-0.2, 0) is 11.8 Å². The Labute approximate surface area is 71.3 Å². The number of aryl methyl sites for hydroxylation is 1. The van der Waals surface area contributed by atoms with Gasteiger partial charge in [0, 0.05) is 32.1 Å². The van der Waals surface area contributed by atoms with Crippen molar-refractivity contribution in [2.75, 3.05) is 6.61 Å². The lowest BCUT2D eigenvalue weighted by atomic mass is 10.1. The molecule has 0 spiro atoms.